The van der Waals surface area contributed by atoms with E-state index in [1.54, 1.807) is 6.20 Å². The van der Waals surface area contributed by atoms with Gasteiger partial charge in [0.2, 0.25) is 0 Å². The van der Waals surface area contributed by atoms with Gasteiger partial charge in [-0.2, -0.15) is 9.78 Å². The Hall–Kier alpha value is -2.91. The minimum absolute atomic E-state index is 0.0266. The number of aromatic nitrogens is 4. The van der Waals surface area contributed by atoms with Crippen molar-refractivity contribution in [1.82, 2.24) is 24.2 Å². The Balaban J connectivity index is 1.31. The summed E-state index contributed by atoms with van der Waals surface area (Å²) in [4.78, 5) is 22.0. The van der Waals surface area contributed by atoms with Gasteiger partial charge >= 0.3 is 0 Å². The zero-order chi connectivity index (χ0) is 23.7. The molecule has 10 heteroatoms. The lowest BCUT2D eigenvalue weighted by Gasteiger charge is -2.36. The maximum atomic E-state index is 12.8. The quantitative estimate of drug-likeness (QED) is 0.439. The van der Waals surface area contributed by atoms with Crippen molar-refractivity contribution in [2.24, 2.45) is 0 Å². The monoisotopic (exact) mass is 498 g/mol. The number of piperazine rings is 1. The SMILES string of the molecule is O=c1c(Cl)c(N2CCN(Cc3nc4ccc(Cl)cc4n3CCO)CC2)cnn1-c1ccccc1. The molecule has 0 saturated carbocycles. The van der Waals surface area contributed by atoms with Gasteiger partial charge in [0.05, 0.1) is 41.8 Å². The summed E-state index contributed by atoms with van der Waals surface area (Å²) in [5.41, 5.74) is 2.79. The number of anilines is 1. The zero-order valence-electron chi connectivity index (χ0n) is 18.4. The topological polar surface area (TPSA) is 79.4 Å². The van der Waals surface area contributed by atoms with Crippen LogP contribution in [-0.2, 0) is 13.1 Å². The fourth-order valence-electron chi connectivity index (χ4n) is 4.36. The van der Waals surface area contributed by atoms with Crippen molar-refractivity contribution in [2.75, 3.05) is 37.7 Å². The van der Waals surface area contributed by atoms with Crippen molar-refractivity contribution in [3.8, 4) is 5.69 Å². The standard InChI is InChI=1S/C24H24Cl2N6O2/c25-17-6-7-19-20(14-17)31(12-13-33)22(28-19)16-29-8-10-30(11-9-29)21-15-27-32(24(34)23(21)26)18-4-2-1-3-5-18/h1-7,14-15,33H,8-13,16H2. The third-order valence-corrected chi connectivity index (χ3v) is 6.68. The predicted molar refractivity (Wildman–Crippen MR) is 134 cm³/mol. The molecule has 4 aromatic rings. The maximum absolute atomic E-state index is 12.8. The van der Waals surface area contributed by atoms with Crippen LogP contribution in [0.5, 0.6) is 0 Å². The normalized spacial score (nSPS) is 14.7. The van der Waals surface area contributed by atoms with Gasteiger partial charge in [-0.05, 0) is 30.3 Å². The molecule has 34 heavy (non-hydrogen) atoms. The number of imidazole rings is 1. The average Bonchev–Trinajstić information content (AvgIpc) is 3.18. The molecule has 1 aliphatic heterocycles. The summed E-state index contributed by atoms with van der Waals surface area (Å²) in [5.74, 6) is 0.893. The third kappa shape index (κ3) is 4.42. The molecule has 1 saturated heterocycles. The Labute approximate surface area is 206 Å². The molecule has 0 spiro atoms. The molecule has 3 heterocycles. The molecular formula is C24H24Cl2N6O2. The van der Waals surface area contributed by atoms with Crippen LogP contribution in [0, 0.1) is 0 Å². The minimum atomic E-state index is -0.329. The molecule has 1 aliphatic rings. The molecular weight excluding hydrogens is 475 g/mol. The highest BCUT2D eigenvalue weighted by Gasteiger charge is 2.23. The number of fused-ring (bicyclic) bond motifs is 1. The van der Waals surface area contributed by atoms with Crippen molar-refractivity contribution >= 4 is 39.9 Å². The number of halogens is 2. The summed E-state index contributed by atoms with van der Waals surface area (Å²) in [7, 11) is 0. The third-order valence-electron chi connectivity index (χ3n) is 6.09. The van der Waals surface area contributed by atoms with E-state index < -0.39 is 0 Å². The van der Waals surface area contributed by atoms with Gasteiger partial charge in [0.15, 0.2) is 0 Å². The van der Waals surface area contributed by atoms with E-state index >= 15 is 0 Å². The summed E-state index contributed by atoms with van der Waals surface area (Å²) in [5, 5.41) is 14.7. The number of hydrogen-bond acceptors (Lipinski definition) is 6. The first-order chi connectivity index (χ1) is 16.5. The number of nitrogens with zero attached hydrogens (tertiary/aromatic N) is 6. The van der Waals surface area contributed by atoms with Crippen LogP contribution in [-0.4, -0.2) is 62.1 Å². The molecule has 176 valence electrons. The second-order valence-corrected chi connectivity index (χ2v) is 9.01. The van der Waals surface area contributed by atoms with Crippen LogP contribution in [0.25, 0.3) is 16.7 Å². The van der Waals surface area contributed by atoms with Gasteiger partial charge in [-0.15, -0.1) is 0 Å². The molecule has 1 fully saturated rings. The van der Waals surface area contributed by atoms with E-state index in [0.717, 1.165) is 29.9 Å². The van der Waals surface area contributed by atoms with Gasteiger partial charge < -0.3 is 14.6 Å². The van der Waals surface area contributed by atoms with E-state index in [1.165, 1.54) is 4.68 Å². The number of benzene rings is 2. The van der Waals surface area contributed by atoms with Crippen molar-refractivity contribution in [3.05, 3.63) is 81.0 Å². The fourth-order valence-corrected chi connectivity index (χ4v) is 4.78. The van der Waals surface area contributed by atoms with Crippen LogP contribution in [0.15, 0.2) is 59.5 Å². The molecule has 0 aliphatic carbocycles. The summed E-state index contributed by atoms with van der Waals surface area (Å²) < 4.78 is 3.34. The summed E-state index contributed by atoms with van der Waals surface area (Å²) in [6, 6.07) is 14.8. The molecule has 2 aromatic heterocycles. The smallest absolute Gasteiger partial charge is 0.292 e. The Morgan fingerprint density at radius 2 is 1.76 bits per heavy atom. The van der Waals surface area contributed by atoms with E-state index in [9.17, 15) is 9.90 Å². The predicted octanol–water partition coefficient (Wildman–Crippen LogP) is 3.20. The van der Waals surface area contributed by atoms with Gasteiger partial charge in [0.25, 0.3) is 5.56 Å². The van der Waals surface area contributed by atoms with Crippen LogP contribution < -0.4 is 10.5 Å². The van der Waals surface area contributed by atoms with Crippen LogP contribution in [0.3, 0.4) is 0 Å². The lowest BCUT2D eigenvalue weighted by atomic mass is 10.2. The van der Waals surface area contributed by atoms with E-state index in [0.29, 0.717) is 42.6 Å². The number of aliphatic hydroxyl groups excluding tert-OH is 1. The van der Waals surface area contributed by atoms with Crippen molar-refractivity contribution in [2.45, 2.75) is 13.1 Å². The highest BCUT2D eigenvalue weighted by molar-refractivity contribution is 6.33. The first-order valence-electron chi connectivity index (χ1n) is 11.1. The maximum Gasteiger partial charge on any atom is 0.292 e. The molecule has 8 nitrogen and oxygen atoms in total. The molecule has 0 radical (unpaired) electrons. The molecule has 1 N–H and O–H groups in total. The Bertz CT molecular complexity index is 1360. The summed E-state index contributed by atoms with van der Waals surface area (Å²) in [6.45, 7) is 4.12. The van der Waals surface area contributed by atoms with Gasteiger partial charge in [-0.3, -0.25) is 9.69 Å². The molecule has 0 amide bonds. The van der Waals surface area contributed by atoms with Crippen LogP contribution in [0.2, 0.25) is 10.0 Å². The fraction of sp³-hybridized carbons (Fsp3) is 0.292. The minimum Gasteiger partial charge on any atom is -0.395 e. The van der Waals surface area contributed by atoms with E-state index in [2.05, 4.69) is 14.9 Å². The van der Waals surface area contributed by atoms with E-state index in [1.807, 2.05) is 53.1 Å². The second kappa shape index (κ2) is 9.76. The average molecular weight is 499 g/mol. The van der Waals surface area contributed by atoms with Crippen molar-refractivity contribution < 1.29 is 5.11 Å². The summed E-state index contributed by atoms with van der Waals surface area (Å²) in [6.07, 6.45) is 1.66. The van der Waals surface area contributed by atoms with Gasteiger partial charge in [0, 0.05) is 37.7 Å². The lowest BCUT2D eigenvalue weighted by Crippen LogP contribution is -2.46. The van der Waals surface area contributed by atoms with Crippen molar-refractivity contribution in [1.29, 1.82) is 0 Å². The summed E-state index contributed by atoms with van der Waals surface area (Å²) >= 11 is 12.7. The molecule has 5 rings (SSSR count). The number of rotatable bonds is 6. The van der Waals surface area contributed by atoms with Gasteiger partial charge in [-0.1, -0.05) is 41.4 Å². The lowest BCUT2D eigenvalue weighted by molar-refractivity contribution is 0.234. The highest BCUT2D eigenvalue weighted by Crippen LogP contribution is 2.25. The first-order valence-corrected chi connectivity index (χ1v) is 11.9. The Morgan fingerprint density at radius 3 is 2.50 bits per heavy atom. The van der Waals surface area contributed by atoms with Crippen LogP contribution in [0.1, 0.15) is 5.82 Å². The molecule has 0 bridgehead atoms. The number of aliphatic hydroxyl groups is 1. The highest BCUT2D eigenvalue weighted by atomic mass is 35.5. The largest absolute Gasteiger partial charge is 0.395 e. The van der Waals surface area contributed by atoms with Gasteiger partial charge in [-0.25, -0.2) is 4.98 Å². The van der Waals surface area contributed by atoms with Crippen molar-refractivity contribution in [3.63, 3.8) is 0 Å². The first kappa shape index (κ1) is 22.9. The zero-order valence-corrected chi connectivity index (χ0v) is 20.0. The Morgan fingerprint density at radius 1 is 1.00 bits per heavy atom. The van der Waals surface area contributed by atoms with Crippen LogP contribution >= 0.6 is 23.2 Å². The number of para-hydroxylation sites is 1. The molecule has 0 unspecified atom stereocenters. The molecule has 0 atom stereocenters. The Kier molecular flexibility index (Phi) is 6.56. The van der Waals surface area contributed by atoms with E-state index in [4.69, 9.17) is 28.2 Å². The second-order valence-electron chi connectivity index (χ2n) is 8.20. The number of hydrogen-bond donors (Lipinski definition) is 1. The van der Waals surface area contributed by atoms with Gasteiger partial charge in [0.1, 0.15) is 10.8 Å². The van der Waals surface area contributed by atoms with Crippen LogP contribution in [0.4, 0.5) is 5.69 Å². The molecule has 2 aromatic carbocycles. The van der Waals surface area contributed by atoms with E-state index in [-0.39, 0.29) is 17.2 Å².